The molecule has 0 spiro atoms. The number of carboxylic acids is 1. The summed E-state index contributed by atoms with van der Waals surface area (Å²) >= 11 is 1.38. The predicted octanol–water partition coefficient (Wildman–Crippen LogP) is 4.86. The molecule has 0 aliphatic heterocycles. The van der Waals surface area contributed by atoms with E-state index >= 15 is 0 Å². The predicted molar refractivity (Wildman–Crippen MR) is 93.9 cm³/mol. The summed E-state index contributed by atoms with van der Waals surface area (Å²) in [5.74, 6) is 5.37. The highest BCUT2D eigenvalue weighted by atomic mass is 32.2. The molecule has 0 saturated carbocycles. The number of benzene rings is 1. The lowest BCUT2D eigenvalue weighted by Gasteiger charge is -2.24. The summed E-state index contributed by atoms with van der Waals surface area (Å²) in [5.41, 5.74) is 0.766. The van der Waals surface area contributed by atoms with Crippen LogP contribution in [0.3, 0.4) is 0 Å². The second kappa shape index (κ2) is 9.38. The van der Waals surface area contributed by atoms with Crippen molar-refractivity contribution in [3.8, 4) is 11.8 Å². The molecule has 0 fully saturated rings. The SMILES string of the molecule is C=C(C)C#CC(C(C)CCC)C(Sc1ccccc1)C(=O)O. The van der Waals surface area contributed by atoms with Gasteiger partial charge in [0.15, 0.2) is 0 Å². The Labute approximate surface area is 138 Å². The van der Waals surface area contributed by atoms with Gasteiger partial charge in [0.25, 0.3) is 0 Å². The Morgan fingerprint density at radius 2 is 2.00 bits per heavy atom. The van der Waals surface area contributed by atoms with E-state index in [1.807, 2.05) is 37.3 Å². The number of thioether (sulfide) groups is 1. The fourth-order valence-corrected chi connectivity index (χ4v) is 3.47. The minimum atomic E-state index is -0.808. The molecule has 0 radical (unpaired) electrons. The topological polar surface area (TPSA) is 37.3 Å². The van der Waals surface area contributed by atoms with E-state index in [-0.39, 0.29) is 11.8 Å². The Kier molecular flexibility index (Phi) is 7.84. The molecule has 1 aromatic rings. The Hall–Kier alpha value is -1.66. The monoisotopic (exact) mass is 316 g/mol. The van der Waals surface area contributed by atoms with Crippen molar-refractivity contribution >= 4 is 17.7 Å². The van der Waals surface area contributed by atoms with Gasteiger partial charge in [-0.05, 0) is 37.0 Å². The Balaban J connectivity index is 3.06. The minimum Gasteiger partial charge on any atom is -0.480 e. The van der Waals surface area contributed by atoms with E-state index in [1.165, 1.54) is 11.8 Å². The van der Waals surface area contributed by atoms with Crippen LogP contribution in [0.1, 0.15) is 33.6 Å². The van der Waals surface area contributed by atoms with Gasteiger partial charge < -0.3 is 5.11 Å². The number of carbonyl (C=O) groups is 1. The third kappa shape index (κ3) is 5.99. The number of aliphatic carboxylic acids is 1. The molecular formula is C19H24O2S. The molecule has 1 rings (SSSR count). The molecule has 0 heterocycles. The zero-order valence-corrected chi connectivity index (χ0v) is 14.3. The summed E-state index contributed by atoms with van der Waals surface area (Å²) in [6.07, 6.45) is 1.99. The van der Waals surface area contributed by atoms with E-state index in [2.05, 4.69) is 32.3 Å². The van der Waals surface area contributed by atoms with E-state index in [9.17, 15) is 9.90 Å². The first-order chi connectivity index (χ1) is 10.5. The van der Waals surface area contributed by atoms with Crippen LogP contribution in [0.15, 0.2) is 47.4 Å². The maximum absolute atomic E-state index is 11.8. The zero-order chi connectivity index (χ0) is 16.5. The van der Waals surface area contributed by atoms with Crippen molar-refractivity contribution in [3.63, 3.8) is 0 Å². The number of rotatable bonds is 7. The van der Waals surface area contributed by atoms with Crippen LogP contribution in [-0.2, 0) is 4.79 Å². The standard InChI is InChI=1S/C19H24O2S/c1-5-9-15(4)17(13-12-14(2)3)18(19(20)21)22-16-10-7-6-8-11-16/h6-8,10-11,15,17-18H,2,5,9H2,1,3-4H3,(H,20,21). The van der Waals surface area contributed by atoms with E-state index in [1.54, 1.807) is 0 Å². The van der Waals surface area contributed by atoms with Gasteiger partial charge in [-0.15, -0.1) is 11.8 Å². The van der Waals surface area contributed by atoms with Crippen LogP contribution in [0.2, 0.25) is 0 Å². The minimum absolute atomic E-state index is 0.195. The summed E-state index contributed by atoms with van der Waals surface area (Å²) in [7, 11) is 0. The molecule has 118 valence electrons. The van der Waals surface area contributed by atoms with Gasteiger partial charge in [0.1, 0.15) is 5.25 Å². The fourth-order valence-electron chi connectivity index (χ4n) is 2.28. The Morgan fingerprint density at radius 3 is 2.50 bits per heavy atom. The first-order valence-corrected chi connectivity index (χ1v) is 8.45. The average Bonchev–Trinajstić information content (AvgIpc) is 2.47. The molecule has 3 heteroatoms. The second-order valence-electron chi connectivity index (χ2n) is 5.53. The highest BCUT2D eigenvalue weighted by Gasteiger charge is 2.31. The molecule has 3 atom stereocenters. The summed E-state index contributed by atoms with van der Waals surface area (Å²) in [6, 6.07) is 9.65. The van der Waals surface area contributed by atoms with Crippen LogP contribution in [0.4, 0.5) is 0 Å². The molecule has 2 nitrogen and oxygen atoms in total. The molecular weight excluding hydrogens is 292 g/mol. The molecule has 3 unspecified atom stereocenters. The van der Waals surface area contributed by atoms with Crippen LogP contribution >= 0.6 is 11.8 Å². The quantitative estimate of drug-likeness (QED) is 0.576. The Bertz CT molecular complexity index is 554. The fraction of sp³-hybridized carbons (Fsp3) is 0.421. The van der Waals surface area contributed by atoms with Gasteiger partial charge in [-0.1, -0.05) is 56.9 Å². The highest BCUT2D eigenvalue weighted by molar-refractivity contribution is 8.00. The molecule has 0 aromatic heterocycles. The normalized spacial score (nSPS) is 14.3. The Morgan fingerprint density at radius 1 is 1.36 bits per heavy atom. The van der Waals surface area contributed by atoms with Crippen LogP contribution in [-0.4, -0.2) is 16.3 Å². The van der Waals surface area contributed by atoms with Crippen molar-refractivity contribution in [1.82, 2.24) is 0 Å². The van der Waals surface area contributed by atoms with Crippen molar-refractivity contribution in [1.29, 1.82) is 0 Å². The van der Waals surface area contributed by atoms with Gasteiger partial charge in [-0.25, -0.2) is 0 Å². The molecule has 0 aliphatic carbocycles. The highest BCUT2D eigenvalue weighted by Crippen LogP contribution is 2.33. The molecule has 0 saturated heterocycles. The number of hydrogen-bond acceptors (Lipinski definition) is 2. The lowest BCUT2D eigenvalue weighted by atomic mass is 9.87. The maximum atomic E-state index is 11.8. The van der Waals surface area contributed by atoms with Gasteiger partial charge in [0.2, 0.25) is 0 Å². The molecule has 0 amide bonds. The first kappa shape index (κ1) is 18.4. The summed E-state index contributed by atoms with van der Waals surface area (Å²) in [4.78, 5) is 12.7. The zero-order valence-electron chi connectivity index (χ0n) is 13.5. The molecule has 22 heavy (non-hydrogen) atoms. The smallest absolute Gasteiger partial charge is 0.318 e. The first-order valence-electron chi connectivity index (χ1n) is 7.57. The summed E-state index contributed by atoms with van der Waals surface area (Å²) < 4.78 is 0. The third-order valence-electron chi connectivity index (χ3n) is 3.39. The van der Waals surface area contributed by atoms with Crippen LogP contribution in [0.5, 0.6) is 0 Å². The lowest BCUT2D eigenvalue weighted by molar-refractivity contribution is -0.137. The van der Waals surface area contributed by atoms with E-state index in [4.69, 9.17) is 0 Å². The number of hydrogen-bond donors (Lipinski definition) is 1. The van der Waals surface area contributed by atoms with Crippen molar-refractivity contribution in [2.24, 2.45) is 11.8 Å². The second-order valence-corrected chi connectivity index (χ2v) is 6.75. The van der Waals surface area contributed by atoms with E-state index in [0.29, 0.717) is 0 Å². The largest absolute Gasteiger partial charge is 0.480 e. The van der Waals surface area contributed by atoms with Gasteiger partial charge in [0, 0.05) is 10.8 Å². The van der Waals surface area contributed by atoms with Gasteiger partial charge in [-0.2, -0.15) is 0 Å². The van der Waals surface area contributed by atoms with Crippen molar-refractivity contribution in [2.45, 2.75) is 43.8 Å². The third-order valence-corrected chi connectivity index (χ3v) is 4.68. The van der Waals surface area contributed by atoms with Gasteiger partial charge >= 0.3 is 5.97 Å². The van der Waals surface area contributed by atoms with Gasteiger partial charge in [0.05, 0.1) is 0 Å². The van der Waals surface area contributed by atoms with Crippen LogP contribution in [0.25, 0.3) is 0 Å². The maximum Gasteiger partial charge on any atom is 0.318 e. The van der Waals surface area contributed by atoms with E-state index < -0.39 is 11.2 Å². The molecule has 0 bridgehead atoms. The molecule has 1 N–H and O–H groups in total. The van der Waals surface area contributed by atoms with Crippen LogP contribution < -0.4 is 0 Å². The number of allylic oxidation sites excluding steroid dienone is 1. The van der Waals surface area contributed by atoms with Gasteiger partial charge in [-0.3, -0.25) is 4.79 Å². The van der Waals surface area contributed by atoms with Crippen molar-refractivity contribution < 1.29 is 9.90 Å². The van der Waals surface area contributed by atoms with Crippen molar-refractivity contribution in [2.75, 3.05) is 0 Å². The van der Waals surface area contributed by atoms with E-state index in [0.717, 1.165) is 23.3 Å². The number of carboxylic acid groups (broad SMARTS) is 1. The summed E-state index contributed by atoms with van der Waals surface area (Å²) in [6.45, 7) is 9.83. The molecule has 0 aliphatic rings. The molecule has 1 aromatic carbocycles. The summed E-state index contributed by atoms with van der Waals surface area (Å²) in [5, 5.41) is 9.10. The van der Waals surface area contributed by atoms with Crippen molar-refractivity contribution in [3.05, 3.63) is 42.5 Å². The lowest BCUT2D eigenvalue weighted by Crippen LogP contribution is -2.30. The van der Waals surface area contributed by atoms with Crippen LogP contribution in [0, 0.1) is 23.7 Å². The average molecular weight is 316 g/mol.